The van der Waals surface area contributed by atoms with Gasteiger partial charge in [0.05, 0.1) is 17.2 Å². The van der Waals surface area contributed by atoms with E-state index in [4.69, 9.17) is 33.7 Å². The summed E-state index contributed by atoms with van der Waals surface area (Å²) in [7, 11) is 1.58. The number of ether oxygens (including phenoxy) is 1. The second kappa shape index (κ2) is 6.70. The highest BCUT2D eigenvalue weighted by Crippen LogP contribution is 2.31. The number of nitrogens with one attached hydrogen (secondary N) is 1. The molecule has 0 spiro atoms. The molecule has 2 aromatic rings. The summed E-state index contributed by atoms with van der Waals surface area (Å²) in [6.07, 6.45) is 0. The maximum atomic E-state index is 11.7. The molecular formula is C15H14Cl2N2O2. The molecule has 0 saturated heterocycles. The fourth-order valence-electron chi connectivity index (χ4n) is 1.90. The molecule has 1 unspecified atom stereocenters. The van der Waals surface area contributed by atoms with Crippen molar-refractivity contribution in [1.29, 1.82) is 0 Å². The summed E-state index contributed by atoms with van der Waals surface area (Å²) in [5, 5.41) is 3.72. The number of anilines is 1. The van der Waals surface area contributed by atoms with Gasteiger partial charge in [-0.1, -0.05) is 35.3 Å². The number of halogens is 2. The quantitative estimate of drug-likeness (QED) is 0.882. The maximum Gasteiger partial charge on any atom is 0.244 e. The average Bonchev–Trinajstić information content (AvgIpc) is 2.48. The van der Waals surface area contributed by atoms with Crippen LogP contribution in [0.15, 0.2) is 42.5 Å². The number of nitrogens with two attached hydrogens (primary N) is 1. The Labute approximate surface area is 132 Å². The Morgan fingerprint density at radius 2 is 1.86 bits per heavy atom. The normalized spacial score (nSPS) is 11.8. The molecule has 0 saturated carbocycles. The van der Waals surface area contributed by atoms with Crippen LogP contribution in [0.5, 0.6) is 5.75 Å². The lowest BCUT2D eigenvalue weighted by atomic mass is 10.1. The third kappa shape index (κ3) is 3.60. The molecule has 4 nitrogen and oxygen atoms in total. The number of amides is 1. The highest BCUT2D eigenvalue weighted by Gasteiger charge is 2.21. The highest BCUT2D eigenvalue weighted by atomic mass is 35.5. The number of benzene rings is 2. The Morgan fingerprint density at radius 1 is 1.19 bits per heavy atom. The molecule has 3 N–H and O–H groups in total. The van der Waals surface area contributed by atoms with Crippen molar-refractivity contribution >= 4 is 34.8 Å². The fraction of sp³-hybridized carbons (Fsp3) is 0.133. The van der Waals surface area contributed by atoms with Gasteiger partial charge in [-0.2, -0.15) is 0 Å². The average molecular weight is 325 g/mol. The molecule has 6 heteroatoms. The number of rotatable bonds is 5. The van der Waals surface area contributed by atoms with E-state index in [9.17, 15) is 4.79 Å². The first-order valence-electron chi connectivity index (χ1n) is 6.16. The maximum absolute atomic E-state index is 11.7. The molecule has 0 aliphatic rings. The Hall–Kier alpha value is -1.91. The number of methoxy groups -OCH3 is 1. The summed E-state index contributed by atoms with van der Waals surface area (Å²) < 4.78 is 5.08. The minimum atomic E-state index is -0.774. The minimum Gasteiger partial charge on any atom is -0.497 e. The molecule has 0 aromatic heterocycles. The molecule has 21 heavy (non-hydrogen) atoms. The first kappa shape index (κ1) is 15.5. The van der Waals surface area contributed by atoms with Gasteiger partial charge < -0.3 is 15.8 Å². The Bertz CT molecular complexity index is 645. The molecule has 0 fully saturated rings. The standard InChI is InChI=1S/C15H14Cl2N2O2/c1-21-10-7-5-9(6-8-10)19-14(15(18)20)11-3-2-4-12(16)13(11)17/h2-8,14,19H,1H3,(H2,18,20). The number of primary amides is 1. The van der Waals surface area contributed by atoms with Crippen molar-refractivity contribution in [2.75, 3.05) is 12.4 Å². The Kier molecular flexibility index (Phi) is 4.94. The summed E-state index contributed by atoms with van der Waals surface area (Å²) in [4.78, 5) is 11.7. The van der Waals surface area contributed by atoms with Gasteiger partial charge in [0.1, 0.15) is 11.8 Å². The van der Waals surface area contributed by atoms with Crippen molar-refractivity contribution in [3.05, 3.63) is 58.1 Å². The van der Waals surface area contributed by atoms with Crippen LogP contribution in [-0.4, -0.2) is 13.0 Å². The van der Waals surface area contributed by atoms with Gasteiger partial charge in [-0.25, -0.2) is 0 Å². The van der Waals surface area contributed by atoms with Crippen LogP contribution in [0.3, 0.4) is 0 Å². The molecule has 2 rings (SSSR count). The predicted molar refractivity (Wildman–Crippen MR) is 85.0 cm³/mol. The van der Waals surface area contributed by atoms with E-state index in [0.29, 0.717) is 15.6 Å². The molecule has 0 bridgehead atoms. The van der Waals surface area contributed by atoms with Crippen molar-refractivity contribution in [2.45, 2.75) is 6.04 Å². The third-order valence-corrected chi connectivity index (χ3v) is 3.81. The zero-order chi connectivity index (χ0) is 15.4. The summed E-state index contributed by atoms with van der Waals surface area (Å²) in [5.41, 5.74) is 6.72. The van der Waals surface area contributed by atoms with E-state index in [0.717, 1.165) is 11.4 Å². The van der Waals surface area contributed by atoms with Gasteiger partial charge in [0.15, 0.2) is 0 Å². The summed E-state index contributed by atoms with van der Waals surface area (Å²) in [6.45, 7) is 0. The molecule has 1 amide bonds. The summed E-state index contributed by atoms with van der Waals surface area (Å²) >= 11 is 12.1. The van der Waals surface area contributed by atoms with Gasteiger partial charge >= 0.3 is 0 Å². The number of carbonyl (C=O) groups excluding carboxylic acids is 1. The van der Waals surface area contributed by atoms with E-state index in [1.165, 1.54) is 0 Å². The van der Waals surface area contributed by atoms with Crippen LogP contribution in [0, 0.1) is 0 Å². The summed E-state index contributed by atoms with van der Waals surface area (Å²) in [5.74, 6) is 0.173. The smallest absolute Gasteiger partial charge is 0.244 e. The van der Waals surface area contributed by atoms with Crippen LogP contribution in [-0.2, 0) is 4.79 Å². The molecule has 2 aromatic carbocycles. The molecule has 0 aliphatic carbocycles. The zero-order valence-electron chi connectivity index (χ0n) is 11.3. The van der Waals surface area contributed by atoms with Crippen molar-refractivity contribution in [3.63, 3.8) is 0 Å². The van der Waals surface area contributed by atoms with Gasteiger partial charge in [0, 0.05) is 11.3 Å². The lowest BCUT2D eigenvalue weighted by Crippen LogP contribution is -2.28. The topological polar surface area (TPSA) is 64.3 Å². The number of carbonyl (C=O) groups is 1. The second-order valence-corrected chi connectivity index (χ2v) is 5.14. The van der Waals surface area contributed by atoms with Gasteiger partial charge in [-0.3, -0.25) is 4.79 Å². The van der Waals surface area contributed by atoms with E-state index in [-0.39, 0.29) is 0 Å². The van der Waals surface area contributed by atoms with Crippen LogP contribution in [0.4, 0.5) is 5.69 Å². The van der Waals surface area contributed by atoms with Gasteiger partial charge in [-0.15, -0.1) is 0 Å². The SMILES string of the molecule is COc1ccc(NC(C(N)=O)c2cccc(Cl)c2Cl)cc1. The molecular weight excluding hydrogens is 311 g/mol. The molecule has 0 radical (unpaired) electrons. The van der Waals surface area contributed by atoms with Crippen molar-refractivity contribution in [1.82, 2.24) is 0 Å². The first-order valence-corrected chi connectivity index (χ1v) is 6.92. The minimum absolute atomic E-state index is 0.309. The highest BCUT2D eigenvalue weighted by molar-refractivity contribution is 6.42. The first-order chi connectivity index (χ1) is 10.0. The Balaban J connectivity index is 2.31. The lowest BCUT2D eigenvalue weighted by Gasteiger charge is -2.19. The van der Waals surface area contributed by atoms with Crippen LogP contribution >= 0.6 is 23.2 Å². The second-order valence-electron chi connectivity index (χ2n) is 4.35. The van der Waals surface area contributed by atoms with Crippen molar-refractivity contribution in [2.24, 2.45) is 5.73 Å². The largest absolute Gasteiger partial charge is 0.497 e. The number of hydrogen-bond donors (Lipinski definition) is 2. The molecule has 0 aliphatic heterocycles. The van der Waals surface area contributed by atoms with Crippen molar-refractivity contribution < 1.29 is 9.53 Å². The lowest BCUT2D eigenvalue weighted by molar-refractivity contribution is -0.118. The van der Waals surface area contributed by atoms with Gasteiger partial charge in [0.25, 0.3) is 0 Å². The zero-order valence-corrected chi connectivity index (χ0v) is 12.8. The predicted octanol–water partition coefficient (Wildman–Crippen LogP) is 3.64. The van der Waals surface area contributed by atoms with Crippen LogP contribution in [0.25, 0.3) is 0 Å². The van der Waals surface area contributed by atoms with E-state index in [1.807, 2.05) is 0 Å². The van der Waals surface area contributed by atoms with E-state index in [2.05, 4.69) is 5.32 Å². The van der Waals surface area contributed by atoms with Crippen molar-refractivity contribution in [3.8, 4) is 5.75 Å². The van der Waals surface area contributed by atoms with E-state index >= 15 is 0 Å². The summed E-state index contributed by atoms with van der Waals surface area (Å²) in [6, 6.07) is 11.4. The fourth-order valence-corrected chi connectivity index (χ4v) is 2.32. The van der Waals surface area contributed by atoms with E-state index in [1.54, 1.807) is 49.6 Å². The third-order valence-electron chi connectivity index (χ3n) is 2.98. The van der Waals surface area contributed by atoms with Crippen LogP contribution in [0.2, 0.25) is 10.0 Å². The van der Waals surface area contributed by atoms with E-state index < -0.39 is 11.9 Å². The number of hydrogen-bond acceptors (Lipinski definition) is 3. The molecule has 1 atom stereocenters. The molecule has 110 valence electrons. The van der Waals surface area contributed by atoms with Crippen LogP contribution in [0.1, 0.15) is 11.6 Å². The monoisotopic (exact) mass is 324 g/mol. The van der Waals surface area contributed by atoms with Gasteiger partial charge in [-0.05, 0) is 30.3 Å². The molecule has 0 heterocycles. The van der Waals surface area contributed by atoms with Gasteiger partial charge in [0.2, 0.25) is 5.91 Å². The Morgan fingerprint density at radius 3 is 2.43 bits per heavy atom. The van der Waals surface area contributed by atoms with Crippen LogP contribution < -0.4 is 15.8 Å².